The molecule has 0 bridgehead atoms. The lowest BCUT2D eigenvalue weighted by molar-refractivity contribution is -0.385. The van der Waals surface area contributed by atoms with Crippen molar-refractivity contribution < 1.29 is 19.6 Å². The standard InChI is InChI=1S/C22H24N6O5S/c1-13(2)19(24-21(31)14-7-5-4-6-8-14)20-25-26-22(27(20)3)34-12-18(30)23-15-9-10-17(29)16(11-15)28(32)33/h4-11,13,19,29H,12H2,1-3H3,(H,23,30)(H,24,31)/t19-/m1/s1. The third-order valence-electron chi connectivity index (χ3n) is 4.92. The number of amides is 2. The van der Waals surface area contributed by atoms with E-state index in [1.54, 1.807) is 35.9 Å². The molecule has 0 saturated carbocycles. The van der Waals surface area contributed by atoms with Gasteiger partial charge in [0.25, 0.3) is 5.91 Å². The quantitative estimate of drug-likeness (QED) is 0.181. The van der Waals surface area contributed by atoms with Crippen LogP contribution in [0, 0.1) is 16.0 Å². The molecule has 3 rings (SSSR count). The molecule has 0 spiro atoms. The van der Waals surface area contributed by atoms with Gasteiger partial charge in [-0.25, -0.2) is 0 Å². The Bertz CT molecular complexity index is 1200. The number of nitrogens with zero attached hydrogens (tertiary/aromatic N) is 4. The molecule has 2 amide bonds. The number of benzene rings is 2. The molecule has 3 aromatic rings. The van der Waals surface area contributed by atoms with Gasteiger partial charge in [-0.1, -0.05) is 43.8 Å². The molecule has 0 aliphatic heterocycles. The lowest BCUT2D eigenvalue weighted by Gasteiger charge is -2.21. The van der Waals surface area contributed by atoms with Crippen molar-refractivity contribution in [3.8, 4) is 5.75 Å². The summed E-state index contributed by atoms with van der Waals surface area (Å²) in [4.78, 5) is 35.2. The Kier molecular flexibility index (Phi) is 7.84. The second-order valence-corrected chi connectivity index (χ2v) is 8.70. The van der Waals surface area contributed by atoms with E-state index in [9.17, 15) is 24.8 Å². The maximum Gasteiger partial charge on any atom is 0.312 e. The van der Waals surface area contributed by atoms with E-state index in [-0.39, 0.29) is 23.3 Å². The zero-order valence-electron chi connectivity index (χ0n) is 18.8. The van der Waals surface area contributed by atoms with Crippen LogP contribution < -0.4 is 10.6 Å². The fraction of sp³-hybridized carbons (Fsp3) is 0.273. The molecule has 0 aliphatic carbocycles. The van der Waals surface area contributed by atoms with Gasteiger partial charge in [-0.15, -0.1) is 10.2 Å². The molecule has 11 nitrogen and oxygen atoms in total. The highest BCUT2D eigenvalue weighted by atomic mass is 32.2. The number of nitro groups is 1. The average Bonchev–Trinajstić information content (AvgIpc) is 3.17. The van der Waals surface area contributed by atoms with Crippen LogP contribution in [0.1, 0.15) is 36.1 Å². The lowest BCUT2D eigenvalue weighted by Crippen LogP contribution is -2.33. The number of rotatable bonds is 9. The SMILES string of the molecule is CC(C)[C@@H](NC(=O)c1ccccc1)c1nnc(SCC(=O)Nc2ccc(O)c([N+](=O)[O-])c2)n1C. The van der Waals surface area contributed by atoms with Gasteiger partial charge in [0.1, 0.15) is 0 Å². The first-order valence-electron chi connectivity index (χ1n) is 10.3. The summed E-state index contributed by atoms with van der Waals surface area (Å²) in [6.07, 6.45) is 0. The van der Waals surface area contributed by atoms with Crippen LogP contribution in [-0.2, 0) is 11.8 Å². The summed E-state index contributed by atoms with van der Waals surface area (Å²) in [7, 11) is 1.75. The monoisotopic (exact) mass is 484 g/mol. The lowest BCUT2D eigenvalue weighted by atomic mass is 10.0. The molecule has 1 aromatic heterocycles. The molecule has 12 heteroatoms. The number of nitrogens with one attached hydrogen (secondary N) is 2. The van der Waals surface area contributed by atoms with Crippen molar-refractivity contribution in [3.05, 3.63) is 70.0 Å². The summed E-state index contributed by atoms with van der Waals surface area (Å²) in [6.45, 7) is 3.92. The zero-order chi connectivity index (χ0) is 24.8. The molecule has 0 aliphatic rings. The molecule has 34 heavy (non-hydrogen) atoms. The molecule has 178 valence electrons. The van der Waals surface area contributed by atoms with E-state index < -0.39 is 28.3 Å². The van der Waals surface area contributed by atoms with Gasteiger partial charge in [0.15, 0.2) is 16.7 Å². The molecular formula is C22H24N6O5S. The molecule has 2 aromatic carbocycles. The molecule has 1 heterocycles. The first-order valence-corrected chi connectivity index (χ1v) is 11.3. The Labute approximate surface area is 199 Å². The summed E-state index contributed by atoms with van der Waals surface area (Å²) in [5.74, 6) is -0.559. The number of phenolic OH excluding ortho intramolecular Hbond substituents is 1. The summed E-state index contributed by atoms with van der Waals surface area (Å²) in [5.41, 5.74) is 0.231. The highest BCUT2D eigenvalue weighted by Gasteiger charge is 2.25. The summed E-state index contributed by atoms with van der Waals surface area (Å²) in [5, 5.41) is 34.9. The normalized spacial score (nSPS) is 11.8. The van der Waals surface area contributed by atoms with Gasteiger partial charge in [-0.2, -0.15) is 0 Å². The maximum atomic E-state index is 12.6. The minimum Gasteiger partial charge on any atom is -0.502 e. The van der Waals surface area contributed by atoms with Crippen LogP contribution in [0.25, 0.3) is 0 Å². The van der Waals surface area contributed by atoms with Crippen molar-refractivity contribution in [2.45, 2.75) is 25.0 Å². The minimum absolute atomic E-state index is 0.0244. The fourth-order valence-corrected chi connectivity index (χ4v) is 3.86. The molecule has 3 N–H and O–H groups in total. The molecule has 0 saturated heterocycles. The molecule has 0 fully saturated rings. The Hall–Kier alpha value is -3.93. The largest absolute Gasteiger partial charge is 0.502 e. The number of aromatic nitrogens is 3. The van der Waals surface area contributed by atoms with Crippen LogP contribution >= 0.6 is 11.8 Å². The van der Waals surface area contributed by atoms with Crippen molar-refractivity contribution in [2.24, 2.45) is 13.0 Å². The van der Waals surface area contributed by atoms with E-state index in [1.807, 2.05) is 19.9 Å². The summed E-state index contributed by atoms with van der Waals surface area (Å²) in [6, 6.07) is 12.1. The van der Waals surface area contributed by atoms with Crippen LogP contribution in [0.3, 0.4) is 0 Å². The van der Waals surface area contributed by atoms with Crippen molar-refractivity contribution >= 4 is 35.0 Å². The number of carbonyl (C=O) groups is 2. The number of hydrogen-bond acceptors (Lipinski definition) is 8. The van der Waals surface area contributed by atoms with Crippen LogP contribution in [0.5, 0.6) is 5.75 Å². The number of carbonyl (C=O) groups excluding carboxylic acids is 2. The summed E-state index contributed by atoms with van der Waals surface area (Å²) < 4.78 is 1.72. The maximum absolute atomic E-state index is 12.6. The number of phenols is 1. The number of nitro benzene ring substituents is 1. The van der Waals surface area contributed by atoms with Crippen molar-refractivity contribution in [1.82, 2.24) is 20.1 Å². The van der Waals surface area contributed by atoms with E-state index in [1.165, 1.54) is 6.07 Å². The van der Waals surface area contributed by atoms with Gasteiger partial charge in [0, 0.05) is 24.4 Å². The van der Waals surface area contributed by atoms with Gasteiger partial charge in [-0.05, 0) is 30.2 Å². The van der Waals surface area contributed by atoms with Crippen LogP contribution in [0.2, 0.25) is 0 Å². The smallest absolute Gasteiger partial charge is 0.312 e. The first kappa shape index (κ1) is 24.7. The average molecular weight is 485 g/mol. The number of aromatic hydroxyl groups is 1. The van der Waals surface area contributed by atoms with Crippen LogP contribution in [0.15, 0.2) is 53.7 Å². The zero-order valence-corrected chi connectivity index (χ0v) is 19.6. The molecule has 0 unspecified atom stereocenters. The van der Waals surface area contributed by atoms with Crippen LogP contribution in [-0.4, -0.2) is 42.4 Å². The summed E-state index contributed by atoms with van der Waals surface area (Å²) >= 11 is 1.13. The first-order chi connectivity index (χ1) is 16.2. The van der Waals surface area contributed by atoms with E-state index in [0.717, 1.165) is 23.9 Å². The molecule has 1 atom stereocenters. The fourth-order valence-electron chi connectivity index (χ4n) is 3.14. The van der Waals surface area contributed by atoms with E-state index in [2.05, 4.69) is 20.8 Å². The topological polar surface area (TPSA) is 152 Å². The number of hydrogen-bond donors (Lipinski definition) is 3. The van der Waals surface area contributed by atoms with E-state index >= 15 is 0 Å². The second-order valence-electron chi connectivity index (χ2n) is 7.76. The number of thioether (sulfide) groups is 1. The van der Waals surface area contributed by atoms with Crippen LogP contribution in [0.4, 0.5) is 11.4 Å². The highest BCUT2D eigenvalue weighted by molar-refractivity contribution is 7.99. The number of anilines is 1. The van der Waals surface area contributed by atoms with Gasteiger partial charge in [0.05, 0.1) is 16.7 Å². The van der Waals surface area contributed by atoms with Gasteiger partial charge in [-0.3, -0.25) is 19.7 Å². The van der Waals surface area contributed by atoms with Crippen molar-refractivity contribution in [3.63, 3.8) is 0 Å². The highest BCUT2D eigenvalue weighted by Crippen LogP contribution is 2.29. The Morgan fingerprint density at radius 2 is 1.88 bits per heavy atom. The predicted molar refractivity (Wildman–Crippen MR) is 127 cm³/mol. The van der Waals surface area contributed by atoms with E-state index in [0.29, 0.717) is 16.5 Å². The minimum atomic E-state index is -0.734. The third kappa shape index (κ3) is 5.90. The molecule has 0 radical (unpaired) electrons. The van der Waals surface area contributed by atoms with Crippen molar-refractivity contribution in [2.75, 3.05) is 11.1 Å². The van der Waals surface area contributed by atoms with Crippen molar-refractivity contribution in [1.29, 1.82) is 0 Å². The van der Waals surface area contributed by atoms with E-state index in [4.69, 9.17) is 0 Å². The van der Waals surface area contributed by atoms with Gasteiger partial charge in [0.2, 0.25) is 5.91 Å². The third-order valence-corrected chi connectivity index (χ3v) is 5.94. The second kappa shape index (κ2) is 10.8. The van der Waals surface area contributed by atoms with Gasteiger partial charge >= 0.3 is 5.69 Å². The molecular weight excluding hydrogens is 460 g/mol. The predicted octanol–water partition coefficient (Wildman–Crippen LogP) is 3.29. The Morgan fingerprint density at radius 3 is 2.53 bits per heavy atom. The Morgan fingerprint density at radius 1 is 1.18 bits per heavy atom. The van der Waals surface area contributed by atoms with Gasteiger partial charge < -0.3 is 20.3 Å². The Balaban J connectivity index is 1.66.